The summed E-state index contributed by atoms with van der Waals surface area (Å²) in [4.78, 5) is 26.9. The lowest BCUT2D eigenvalue weighted by atomic mass is 10.1. The maximum Gasteiger partial charge on any atom is 0.350 e. The van der Waals surface area contributed by atoms with E-state index in [1.807, 2.05) is 11.0 Å². The van der Waals surface area contributed by atoms with Crippen LogP contribution in [0.2, 0.25) is 0 Å². The number of amides is 1. The number of carbonyl (C=O) groups excluding carboxylic acids is 1. The van der Waals surface area contributed by atoms with Gasteiger partial charge in [-0.2, -0.15) is 0 Å². The van der Waals surface area contributed by atoms with E-state index in [0.717, 1.165) is 6.54 Å². The van der Waals surface area contributed by atoms with Crippen LogP contribution in [-0.2, 0) is 17.9 Å². The summed E-state index contributed by atoms with van der Waals surface area (Å²) < 4.78 is 5.12. The molecule has 7 nitrogen and oxygen atoms in total. The quantitative estimate of drug-likeness (QED) is 0.728. The molecule has 3 aromatic rings. The average molecular weight is 339 g/mol. The highest BCUT2D eigenvalue weighted by Gasteiger charge is 2.28. The van der Waals surface area contributed by atoms with Gasteiger partial charge in [-0.25, -0.2) is 9.48 Å². The van der Waals surface area contributed by atoms with Crippen LogP contribution in [0.5, 0.6) is 0 Å². The van der Waals surface area contributed by atoms with Gasteiger partial charge < -0.3 is 9.47 Å². The molecule has 1 aliphatic rings. The minimum absolute atomic E-state index is 0.0488. The SMILES string of the molecule is Cc1ccc2n1CCN(C(=O)CCn1nc3ccccn3c1=O)C2C. The Hall–Kier alpha value is -2.83. The van der Waals surface area contributed by atoms with Gasteiger partial charge in [0, 0.05) is 37.1 Å². The molecule has 0 saturated heterocycles. The number of hydrogen-bond donors (Lipinski definition) is 0. The van der Waals surface area contributed by atoms with Gasteiger partial charge in [-0.1, -0.05) is 6.07 Å². The molecular formula is C18H21N5O2. The molecule has 4 rings (SSSR count). The Morgan fingerprint density at radius 2 is 2.08 bits per heavy atom. The van der Waals surface area contributed by atoms with Crippen molar-refractivity contribution in [1.29, 1.82) is 0 Å². The number of nitrogens with zero attached hydrogens (tertiary/aromatic N) is 5. The molecule has 0 aliphatic carbocycles. The van der Waals surface area contributed by atoms with Crippen LogP contribution in [-0.4, -0.2) is 36.1 Å². The van der Waals surface area contributed by atoms with Gasteiger partial charge in [0.1, 0.15) is 0 Å². The van der Waals surface area contributed by atoms with Crippen LogP contribution in [0.3, 0.4) is 0 Å². The van der Waals surface area contributed by atoms with Gasteiger partial charge >= 0.3 is 5.69 Å². The standard InChI is InChI=1S/C18H21N5O2/c1-13-6-7-15-14(2)21(12-11-20(13)15)17(24)8-10-23-18(25)22-9-4-3-5-16(22)19-23/h3-7,9,14H,8,10-12H2,1-2H3. The van der Waals surface area contributed by atoms with Crippen LogP contribution in [0, 0.1) is 6.92 Å². The van der Waals surface area contributed by atoms with Crippen LogP contribution in [0.1, 0.15) is 30.8 Å². The molecule has 25 heavy (non-hydrogen) atoms. The topological polar surface area (TPSA) is 64.5 Å². The molecule has 0 fully saturated rings. The van der Waals surface area contributed by atoms with Crippen molar-refractivity contribution >= 4 is 11.6 Å². The second kappa shape index (κ2) is 5.91. The van der Waals surface area contributed by atoms with E-state index in [2.05, 4.69) is 35.6 Å². The van der Waals surface area contributed by atoms with E-state index in [1.54, 1.807) is 18.3 Å². The first-order valence-electron chi connectivity index (χ1n) is 8.56. The molecule has 1 aliphatic heterocycles. The van der Waals surface area contributed by atoms with E-state index in [0.29, 0.717) is 18.7 Å². The fraction of sp³-hybridized carbons (Fsp3) is 0.389. The first-order chi connectivity index (χ1) is 12.1. The van der Waals surface area contributed by atoms with E-state index in [9.17, 15) is 9.59 Å². The van der Waals surface area contributed by atoms with Crippen molar-refractivity contribution in [2.75, 3.05) is 6.54 Å². The molecule has 1 atom stereocenters. The van der Waals surface area contributed by atoms with Gasteiger partial charge in [-0.3, -0.25) is 9.20 Å². The number of aromatic nitrogens is 4. The maximum atomic E-state index is 12.7. The number of pyridine rings is 1. The first kappa shape index (κ1) is 15.7. The maximum absolute atomic E-state index is 12.7. The molecule has 0 N–H and O–H groups in total. The Balaban J connectivity index is 1.49. The van der Waals surface area contributed by atoms with Crippen molar-refractivity contribution < 1.29 is 4.79 Å². The van der Waals surface area contributed by atoms with Crippen molar-refractivity contribution in [3.63, 3.8) is 0 Å². The third kappa shape index (κ3) is 2.56. The van der Waals surface area contributed by atoms with Crippen molar-refractivity contribution in [3.8, 4) is 0 Å². The zero-order valence-corrected chi connectivity index (χ0v) is 14.4. The monoisotopic (exact) mass is 339 g/mol. The smallest absolute Gasteiger partial charge is 0.345 e. The lowest BCUT2D eigenvalue weighted by molar-refractivity contribution is -0.134. The summed E-state index contributed by atoms with van der Waals surface area (Å²) in [7, 11) is 0. The van der Waals surface area contributed by atoms with Gasteiger partial charge in [0.05, 0.1) is 12.6 Å². The molecule has 1 unspecified atom stereocenters. The minimum atomic E-state index is -0.209. The third-order valence-electron chi connectivity index (χ3n) is 5.04. The van der Waals surface area contributed by atoms with Gasteiger partial charge in [0.2, 0.25) is 5.91 Å². The lowest BCUT2D eigenvalue weighted by Crippen LogP contribution is -2.41. The highest BCUT2D eigenvalue weighted by atomic mass is 16.2. The first-order valence-corrected chi connectivity index (χ1v) is 8.56. The second-order valence-electron chi connectivity index (χ2n) is 6.50. The molecule has 3 aromatic heterocycles. The predicted molar refractivity (Wildman–Crippen MR) is 93.4 cm³/mol. The summed E-state index contributed by atoms with van der Waals surface area (Å²) in [6, 6.07) is 9.64. The Kier molecular flexibility index (Phi) is 3.71. The second-order valence-corrected chi connectivity index (χ2v) is 6.50. The molecule has 0 spiro atoms. The summed E-state index contributed by atoms with van der Waals surface area (Å²) in [6.07, 6.45) is 1.96. The van der Waals surface area contributed by atoms with E-state index in [4.69, 9.17) is 0 Å². The molecule has 1 amide bonds. The molecule has 0 bridgehead atoms. The van der Waals surface area contributed by atoms with E-state index >= 15 is 0 Å². The minimum Gasteiger partial charge on any atom is -0.345 e. The van der Waals surface area contributed by atoms with Crippen molar-refractivity contribution in [1.82, 2.24) is 23.6 Å². The van der Waals surface area contributed by atoms with Gasteiger partial charge in [0.15, 0.2) is 5.65 Å². The molecule has 0 aromatic carbocycles. The van der Waals surface area contributed by atoms with Crippen LogP contribution < -0.4 is 5.69 Å². The zero-order valence-electron chi connectivity index (χ0n) is 14.4. The highest BCUT2D eigenvalue weighted by molar-refractivity contribution is 5.76. The Morgan fingerprint density at radius 3 is 2.88 bits per heavy atom. The van der Waals surface area contributed by atoms with E-state index in [1.165, 1.54) is 20.5 Å². The normalized spacial score (nSPS) is 17.0. The van der Waals surface area contributed by atoms with Crippen molar-refractivity contribution in [2.24, 2.45) is 0 Å². The zero-order chi connectivity index (χ0) is 17.6. The summed E-state index contributed by atoms with van der Waals surface area (Å²) in [6.45, 7) is 5.95. The van der Waals surface area contributed by atoms with Crippen LogP contribution >= 0.6 is 0 Å². The summed E-state index contributed by atoms with van der Waals surface area (Å²) in [5, 5.41) is 4.28. The number of aryl methyl sites for hydroxylation is 2. The fourth-order valence-electron chi connectivity index (χ4n) is 3.62. The summed E-state index contributed by atoms with van der Waals surface area (Å²) >= 11 is 0. The summed E-state index contributed by atoms with van der Waals surface area (Å²) in [5.74, 6) is 0.0570. The Bertz CT molecular complexity index is 996. The molecule has 7 heteroatoms. The number of fused-ring (bicyclic) bond motifs is 2. The average Bonchev–Trinajstić information content (AvgIpc) is 3.15. The fourth-order valence-corrected chi connectivity index (χ4v) is 3.62. The van der Waals surface area contributed by atoms with Crippen molar-refractivity contribution in [2.45, 2.75) is 39.4 Å². The van der Waals surface area contributed by atoms with Crippen LogP contribution in [0.15, 0.2) is 41.3 Å². The Morgan fingerprint density at radius 1 is 1.24 bits per heavy atom. The molecular weight excluding hydrogens is 318 g/mol. The predicted octanol–water partition coefficient (Wildman–Crippen LogP) is 1.60. The summed E-state index contributed by atoms with van der Waals surface area (Å²) in [5.41, 5.74) is 2.78. The highest BCUT2D eigenvalue weighted by Crippen LogP contribution is 2.27. The largest absolute Gasteiger partial charge is 0.350 e. The molecule has 0 saturated carbocycles. The molecule has 130 valence electrons. The van der Waals surface area contributed by atoms with Crippen molar-refractivity contribution in [3.05, 3.63) is 58.4 Å². The van der Waals surface area contributed by atoms with Crippen LogP contribution in [0.4, 0.5) is 0 Å². The number of rotatable bonds is 3. The molecule has 4 heterocycles. The third-order valence-corrected chi connectivity index (χ3v) is 5.04. The van der Waals surface area contributed by atoms with Gasteiger partial charge in [-0.15, -0.1) is 5.10 Å². The van der Waals surface area contributed by atoms with Gasteiger partial charge in [-0.05, 0) is 38.1 Å². The molecule has 0 radical (unpaired) electrons. The van der Waals surface area contributed by atoms with Crippen LogP contribution in [0.25, 0.3) is 5.65 Å². The van der Waals surface area contributed by atoms with E-state index < -0.39 is 0 Å². The number of hydrogen-bond acceptors (Lipinski definition) is 3. The Labute approximate surface area is 145 Å². The van der Waals surface area contributed by atoms with E-state index in [-0.39, 0.29) is 24.1 Å². The van der Waals surface area contributed by atoms with Gasteiger partial charge in [0.25, 0.3) is 0 Å². The lowest BCUT2D eigenvalue weighted by Gasteiger charge is -2.35. The number of carbonyl (C=O) groups is 1.